The van der Waals surface area contributed by atoms with Crippen molar-refractivity contribution < 1.29 is 4.74 Å². The second-order valence-corrected chi connectivity index (χ2v) is 4.82. The van der Waals surface area contributed by atoms with E-state index in [0.29, 0.717) is 5.92 Å². The zero-order valence-corrected chi connectivity index (χ0v) is 10.9. The highest BCUT2D eigenvalue weighted by molar-refractivity contribution is 9.10. The molecule has 84 valence electrons. The van der Waals surface area contributed by atoms with Gasteiger partial charge in [-0.05, 0) is 30.2 Å². The first-order valence-electron chi connectivity index (χ1n) is 5.25. The maximum absolute atomic E-state index is 5.47. The van der Waals surface area contributed by atoms with Crippen molar-refractivity contribution >= 4 is 21.6 Å². The van der Waals surface area contributed by atoms with Crippen LogP contribution in [-0.2, 0) is 4.74 Å². The topological polar surface area (TPSA) is 21.3 Å². The van der Waals surface area contributed by atoms with E-state index < -0.39 is 0 Å². The molecule has 0 unspecified atom stereocenters. The summed E-state index contributed by atoms with van der Waals surface area (Å²) in [5, 5.41) is 3.30. The highest BCUT2D eigenvalue weighted by Crippen LogP contribution is 2.13. The minimum atomic E-state index is 0.609. The van der Waals surface area contributed by atoms with E-state index in [0.717, 1.165) is 29.9 Å². The van der Waals surface area contributed by atoms with Crippen LogP contribution in [0.3, 0.4) is 0 Å². The average molecular weight is 272 g/mol. The third kappa shape index (κ3) is 5.80. The Bertz CT molecular complexity index is 271. The summed E-state index contributed by atoms with van der Waals surface area (Å²) >= 11 is 3.40. The van der Waals surface area contributed by atoms with E-state index in [1.54, 1.807) is 0 Å². The number of halogens is 1. The molecule has 0 radical (unpaired) electrons. The zero-order chi connectivity index (χ0) is 11.1. The Morgan fingerprint density at radius 2 is 1.93 bits per heavy atom. The number of hydrogen-bond donors (Lipinski definition) is 1. The lowest BCUT2D eigenvalue weighted by molar-refractivity contribution is 0.118. The molecule has 1 N–H and O–H groups in total. The van der Waals surface area contributed by atoms with Gasteiger partial charge in [-0.1, -0.05) is 29.8 Å². The van der Waals surface area contributed by atoms with E-state index in [2.05, 4.69) is 35.1 Å². The quantitative estimate of drug-likeness (QED) is 0.800. The first kappa shape index (κ1) is 12.5. The summed E-state index contributed by atoms with van der Waals surface area (Å²) in [6.07, 6.45) is 0. The molecule has 0 fully saturated rings. The van der Waals surface area contributed by atoms with Crippen molar-refractivity contribution in [3.63, 3.8) is 0 Å². The molecule has 3 heteroatoms. The Balaban J connectivity index is 2.12. The Labute approximate surface area is 100 Å². The van der Waals surface area contributed by atoms with Gasteiger partial charge >= 0.3 is 0 Å². The van der Waals surface area contributed by atoms with Gasteiger partial charge in [-0.2, -0.15) is 0 Å². The van der Waals surface area contributed by atoms with Crippen LogP contribution < -0.4 is 5.32 Å². The molecule has 0 saturated heterocycles. The van der Waals surface area contributed by atoms with Gasteiger partial charge in [0.15, 0.2) is 0 Å². The van der Waals surface area contributed by atoms with E-state index in [-0.39, 0.29) is 0 Å². The predicted molar refractivity (Wildman–Crippen MR) is 68.3 cm³/mol. The number of benzene rings is 1. The molecule has 2 nitrogen and oxygen atoms in total. The summed E-state index contributed by atoms with van der Waals surface area (Å²) in [5.41, 5.74) is 1.13. The summed E-state index contributed by atoms with van der Waals surface area (Å²) in [6, 6.07) is 8.15. The second kappa shape index (κ2) is 6.85. The monoisotopic (exact) mass is 271 g/mol. The van der Waals surface area contributed by atoms with Gasteiger partial charge in [-0.25, -0.2) is 0 Å². The smallest absolute Gasteiger partial charge is 0.0639 e. The van der Waals surface area contributed by atoms with Gasteiger partial charge in [0.25, 0.3) is 0 Å². The highest BCUT2D eigenvalue weighted by atomic mass is 79.9. The molecule has 15 heavy (non-hydrogen) atoms. The van der Waals surface area contributed by atoms with Crippen LogP contribution in [0.1, 0.15) is 13.8 Å². The number of ether oxygens (including phenoxy) is 1. The lowest BCUT2D eigenvalue weighted by Crippen LogP contribution is -2.11. The molecule has 0 aromatic heterocycles. The summed E-state index contributed by atoms with van der Waals surface area (Å²) in [5.74, 6) is 0.609. The molecule has 0 amide bonds. The van der Waals surface area contributed by atoms with Gasteiger partial charge in [-0.3, -0.25) is 0 Å². The van der Waals surface area contributed by atoms with Crippen molar-refractivity contribution in [2.45, 2.75) is 13.8 Å². The molecule has 0 aliphatic heterocycles. The van der Waals surface area contributed by atoms with Crippen molar-refractivity contribution in [3.05, 3.63) is 28.7 Å². The third-order valence-corrected chi connectivity index (χ3v) is 2.40. The molecule has 0 heterocycles. The van der Waals surface area contributed by atoms with Crippen molar-refractivity contribution in [2.24, 2.45) is 5.92 Å². The minimum Gasteiger partial charge on any atom is -0.383 e. The SMILES string of the molecule is CC(C)COCCNc1ccc(Br)cc1. The third-order valence-electron chi connectivity index (χ3n) is 1.87. The Morgan fingerprint density at radius 3 is 2.53 bits per heavy atom. The van der Waals surface area contributed by atoms with Crippen LogP contribution in [0.15, 0.2) is 28.7 Å². The van der Waals surface area contributed by atoms with Gasteiger partial charge in [-0.15, -0.1) is 0 Å². The van der Waals surface area contributed by atoms with E-state index >= 15 is 0 Å². The fourth-order valence-corrected chi connectivity index (χ4v) is 1.42. The highest BCUT2D eigenvalue weighted by Gasteiger charge is 1.94. The van der Waals surface area contributed by atoms with Crippen LogP contribution in [0.4, 0.5) is 5.69 Å². The van der Waals surface area contributed by atoms with E-state index in [1.807, 2.05) is 24.3 Å². The molecule has 0 aliphatic rings. The Kier molecular flexibility index (Phi) is 5.73. The number of nitrogens with one attached hydrogen (secondary N) is 1. The standard InChI is InChI=1S/C12H18BrNO/c1-10(2)9-15-8-7-14-12-5-3-11(13)4-6-12/h3-6,10,14H,7-9H2,1-2H3. The first-order valence-corrected chi connectivity index (χ1v) is 6.05. The van der Waals surface area contributed by atoms with Crippen LogP contribution in [0.5, 0.6) is 0 Å². The molecule has 0 spiro atoms. The van der Waals surface area contributed by atoms with Gasteiger partial charge in [0.2, 0.25) is 0 Å². The van der Waals surface area contributed by atoms with Crippen LogP contribution in [-0.4, -0.2) is 19.8 Å². The maximum atomic E-state index is 5.47. The zero-order valence-electron chi connectivity index (χ0n) is 9.29. The normalized spacial score (nSPS) is 10.7. The molecular formula is C12H18BrNO. The molecular weight excluding hydrogens is 254 g/mol. The van der Waals surface area contributed by atoms with Crippen LogP contribution in [0, 0.1) is 5.92 Å². The first-order chi connectivity index (χ1) is 7.18. The molecule has 0 aliphatic carbocycles. The summed E-state index contributed by atoms with van der Waals surface area (Å²) in [7, 11) is 0. The second-order valence-electron chi connectivity index (χ2n) is 3.90. The van der Waals surface area contributed by atoms with Gasteiger partial charge in [0.1, 0.15) is 0 Å². The lowest BCUT2D eigenvalue weighted by Gasteiger charge is -2.08. The van der Waals surface area contributed by atoms with Crippen molar-refractivity contribution in [3.8, 4) is 0 Å². The number of anilines is 1. The lowest BCUT2D eigenvalue weighted by atomic mass is 10.2. The van der Waals surface area contributed by atoms with Gasteiger partial charge in [0, 0.05) is 23.3 Å². The molecule has 0 bridgehead atoms. The largest absolute Gasteiger partial charge is 0.383 e. The van der Waals surface area contributed by atoms with E-state index in [1.165, 1.54) is 0 Å². The van der Waals surface area contributed by atoms with Crippen molar-refractivity contribution in [1.29, 1.82) is 0 Å². The summed E-state index contributed by atoms with van der Waals surface area (Å²) in [6.45, 7) is 6.76. The maximum Gasteiger partial charge on any atom is 0.0639 e. The Morgan fingerprint density at radius 1 is 1.27 bits per heavy atom. The molecule has 1 rings (SSSR count). The summed E-state index contributed by atoms with van der Waals surface area (Å²) < 4.78 is 6.57. The van der Waals surface area contributed by atoms with Gasteiger partial charge in [0.05, 0.1) is 6.61 Å². The molecule has 0 atom stereocenters. The van der Waals surface area contributed by atoms with E-state index in [4.69, 9.17) is 4.74 Å². The van der Waals surface area contributed by atoms with Crippen LogP contribution in [0.25, 0.3) is 0 Å². The van der Waals surface area contributed by atoms with Gasteiger partial charge < -0.3 is 10.1 Å². The predicted octanol–water partition coefficient (Wildman–Crippen LogP) is 3.53. The van der Waals surface area contributed by atoms with Crippen LogP contribution in [0.2, 0.25) is 0 Å². The average Bonchev–Trinajstić information content (AvgIpc) is 2.20. The van der Waals surface area contributed by atoms with Crippen molar-refractivity contribution in [2.75, 3.05) is 25.1 Å². The summed E-state index contributed by atoms with van der Waals surface area (Å²) in [4.78, 5) is 0. The molecule has 1 aromatic rings. The minimum absolute atomic E-state index is 0.609. The van der Waals surface area contributed by atoms with Crippen LogP contribution >= 0.6 is 15.9 Å². The molecule has 1 aromatic carbocycles. The number of hydrogen-bond acceptors (Lipinski definition) is 2. The Hall–Kier alpha value is -0.540. The van der Waals surface area contributed by atoms with Crippen molar-refractivity contribution in [1.82, 2.24) is 0 Å². The fraction of sp³-hybridized carbons (Fsp3) is 0.500. The molecule has 0 saturated carbocycles. The fourth-order valence-electron chi connectivity index (χ4n) is 1.15. The van der Waals surface area contributed by atoms with E-state index in [9.17, 15) is 0 Å². The number of rotatable bonds is 6.